The molecular weight excluding hydrogens is 502 g/mol. The van der Waals surface area contributed by atoms with E-state index >= 15 is 0 Å². The molecule has 0 saturated carbocycles. The monoisotopic (exact) mass is 541 g/mol. The average molecular weight is 542 g/mol. The number of aromatic nitrogens is 1. The van der Waals surface area contributed by atoms with E-state index < -0.39 is 0 Å². The van der Waals surface area contributed by atoms with Crippen LogP contribution < -0.4 is 18.9 Å². The number of aliphatic hydroxyl groups excluding tert-OH is 1. The topological polar surface area (TPSA) is 70.0 Å². The lowest BCUT2D eigenvalue weighted by Crippen LogP contribution is -2.05. The Morgan fingerprint density at radius 3 is 1.40 bits per heavy atom. The fourth-order valence-electron chi connectivity index (χ4n) is 4.94. The van der Waals surface area contributed by atoms with Gasteiger partial charge in [-0.2, -0.15) is 0 Å². The largest absolute Gasteiger partial charge is 0.493 e. The van der Waals surface area contributed by atoms with Crippen molar-refractivity contribution in [3.63, 3.8) is 0 Å². The lowest BCUT2D eigenvalue weighted by molar-refractivity contribution is 0.274. The minimum Gasteiger partial charge on any atom is -0.493 e. The summed E-state index contributed by atoms with van der Waals surface area (Å²) in [6.45, 7) is 2.23. The van der Waals surface area contributed by atoms with E-state index in [0.717, 1.165) is 90.9 Å². The maximum Gasteiger partial charge on any atom is 0.132 e. The molecule has 0 spiro atoms. The van der Waals surface area contributed by atoms with Crippen molar-refractivity contribution in [1.82, 2.24) is 4.98 Å². The summed E-state index contributed by atoms with van der Waals surface area (Å²) in [7, 11) is 0. The van der Waals surface area contributed by atoms with Gasteiger partial charge in [-0.1, -0.05) is 36.4 Å². The molecule has 40 heavy (non-hydrogen) atoms. The van der Waals surface area contributed by atoms with E-state index in [-0.39, 0.29) is 6.61 Å². The molecule has 0 radical (unpaired) electrons. The van der Waals surface area contributed by atoms with Crippen molar-refractivity contribution in [2.24, 2.45) is 0 Å². The van der Waals surface area contributed by atoms with Crippen LogP contribution in [-0.4, -0.2) is 36.5 Å². The normalized spacial score (nSPS) is 18.2. The van der Waals surface area contributed by atoms with Crippen molar-refractivity contribution in [2.75, 3.05) is 26.4 Å². The van der Waals surface area contributed by atoms with E-state index in [1.807, 2.05) is 48.5 Å². The fourth-order valence-corrected chi connectivity index (χ4v) is 4.94. The van der Waals surface area contributed by atoms with Gasteiger partial charge in [0.05, 0.1) is 55.5 Å². The summed E-state index contributed by atoms with van der Waals surface area (Å²) in [4.78, 5) is 5.14. The predicted molar refractivity (Wildman–Crippen MR) is 158 cm³/mol. The van der Waals surface area contributed by atoms with Crippen LogP contribution in [0.1, 0.15) is 56.9 Å². The number of rotatable bonds is 1. The summed E-state index contributed by atoms with van der Waals surface area (Å²) >= 11 is 0. The van der Waals surface area contributed by atoms with Crippen molar-refractivity contribution >= 4 is 0 Å². The predicted octanol–water partition coefficient (Wildman–Crippen LogP) is 7.68. The summed E-state index contributed by atoms with van der Waals surface area (Å²) in [5, 5.41) is 10.0. The van der Waals surface area contributed by atoms with Crippen LogP contribution >= 0.6 is 0 Å². The highest BCUT2D eigenvalue weighted by Gasteiger charge is 2.21. The number of aliphatic hydroxyl groups is 1. The fraction of sp³-hybridized carbons (Fsp3) is 0.382. The van der Waals surface area contributed by atoms with E-state index in [1.54, 1.807) is 0 Å². The molecular formula is C34H39NO5. The van der Waals surface area contributed by atoms with Gasteiger partial charge in [-0.3, -0.25) is 0 Å². The quantitative estimate of drug-likeness (QED) is 0.319. The molecule has 2 aliphatic heterocycles. The molecule has 3 aromatic rings. The second-order valence-corrected chi connectivity index (χ2v) is 10.1. The highest BCUT2D eigenvalue weighted by Crippen LogP contribution is 2.43. The van der Waals surface area contributed by atoms with Crippen LogP contribution in [0.5, 0.6) is 23.0 Å². The zero-order valence-electron chi connectivity index (χ0n) is 23.1. The molecule has 2 aromatic carbocycles. The molecule has 0 amide bonds. The Bertz CT molecular complexity index is 1250. The van der Waals surface area contributed by atoms with Gasteiger partial charge in [0.25, 0.3) is 0 Å². The number of nitrogens with zero attached hydrogens (tertiary/aromatic N) is 1. The third-order valence-electron chi connectivity index (χ3n) is 6.98. The van der Waals surface area contributed by atoms with E-state index in [9.17, 15) is 5.11 Å². The van der Waals surface area contributed by atoms with Crippen LogP contribution in [-0.2, 0) is 6.61 Å². The first-order valence-corrected chi connectivity index (χ1v) is 14.5. The molecule has 210 valence electrons. The van der Waals surface area contributed by atoms with Gasteiger partial charge in [0, 0.05) is 0 Å². The molecule has 6 nitrogen and oxygen atoms in total. The van der Waals surface area contributed by atoms with E-state index in [2.05, 4.69) is 24.3 Å². The molecule has 6 heteroatoms. The Morgan fingerprint density at radius 2 is 0.950 bits per heavy atom. The molecule has 3 heterocycles. The molecule has 1 N–H and O–H groups in total. The zero-order chi connectivity index (χ0) is 27.4. The van der Waals surface area contributed by atoms with Gasteiger partial charge in [0.2, 0.25) is 0 Å². The summed E-state index contributed by atoms with van der Waals surface area (Å²) in [5.74, 6) is 2.85. The van der Waals surface area contributed by atoms with Crippen molar-refractivity contribution in [3.8, 4) is 45.5 Å². The average Bonchev–Trinajstić information content (AvgIpc) is 2.98. The SMILES string of the molecule is OCc1cc2c3c(c1)OCCC/C=C/CCCOc1cccc(c1-c1cccc-3n1)OCCC/C=C/CCCO2. The second-order valence-electron chi connectivity index (χ2n) is 10.1. The number of pyridine rings is 1. The summed E-state index contributed by atoms with van der Waals surface area (Å²) in [6, 6.07) is 15.7. The highest BCUT2D eigenvalue weighted by molar-refractivity contribution is 5.80. The number of allylic oxidation sites excluding steroid dienone is 4. The van der Waals surface area contributed by atoms with E-state index in [0.29, 0.717) is 37.9 Å². The zero-order valence-corrected chi connectivity index (χ0v) is 23.1. The number of benzene rings is 2. The molecule has 0 fully saturated rings. The van der Waals surface area contributed by atoms with Gasteiger partial charge in [0.1, 0.15) is 23.0 Å². The first kappa shape index (κ1) is 27.8. The molecule has 5 rings (SSSR count). The maximum absolute atomic E-state index is 10.0. The van der Waals surface area contributed by atoms with Crippen LogP contribution in [0.2, 0.25) is 0 Å². The van der Waals surface area contributed by atoms with E-state index in [1.165, 1.54) is 0 Å². The van der Waals surface area contributed by atoms with Crippen LogP contribution in [0.15, 0.2) is 72.8 Å². The van der Waals surface area contributed by atoms with Crippen LogP contribution in [0.25, 0.3) is 22.5 Å². The molecule has 4 bridgehead atoms. The third-order valence-corrected chi connectivity index (χ3v) is 6.98. The molecule has 2 aliphatic rings. The van der Waals surface area contributed by atoms with Crippen molar-refractivity contribution in [3.05, 3.63) is 78.4 Å². The number of hydrogen-bond donors (Lipinski definition) is 1. The van der Waals surface area contributed by atoms with E-state index in [4.69, 9.17) is 23.9 Å². The van der Waals surface area contributed by atoms with Gasteiger partial charge in [-0.05, 0) is 93.3 Å². The molecule has 0 unspecified atom stereocenters. The summed E-state index contributed by atoms with van der Waals surface area (Å²) < 4.78 is 25.4. The van der Waals surface area contributed by atoms with Gasteiger partial charge < -0.3 is 24.1 Å². The smallest absolute Gasteiger partial charge is 0.132 e. The molecule has 0 saturated heterocycles. The minimum atomic E-state index is -0.0998. The Kier molecular flexibility index (Phi) is 10.1. The Morgan fingerprint density at radius 1 is 0.550 bits per heavy atom. The molecule has 0 aliphatic carbocycles. The lowest BCUT2D eigenvalue weighted by atomic mass is 10.0. The summed E-state index contributed by atoms with van der Waals surface area (Å²) in [6.07, 6.45) is 16.3. The number of hydrogen-bond acceptors (Lipinski definition) is 6. The van der Waals surface area contributed by atoms with Crippen molar-refractivity contribution in [1.29, 1.82) is 0 Å². The molecule has 0 atom stereocenters. The van der Waals surface area contributed by atoms with Gasteiger partial charge in [-0.15, -0.1) is 0 Å². The standard InChI is InChI=1S/C34H39NO5/c36-25-26-23-31-34-28-16-13-15-27(35-28)33-29(37-19-9-5-1-3-7-11-21-39-31)17-14-18-30(33)38-20-10-6-2-4-8-12-22-40-32(34)24-26/h1-4,13-18,23-24,36H,5-12,19-22,25H2/b3-1+,4-2+. The van der Waals surface area contributed by atoms with Crippen LogP contribution in [0, 0.1) is 0 Å². The Balaban J connectivity index is 1.67. The van der Waals surface area contributed by atoms with Gasteiger partial charge in [0.15, 0.2) is 0 Å². The third kappa shape index (κ3) is 7.24. The van der Waals surface area contributed by atoms with Crippen molar-refractivity contribution in [2.45, 2.75) is 58.0 Å². The summed E-state index contributed by atoms with van der Waals surface area (Å²) in [5.41, 5.74) is 3.89. The first-order valence-electron chi connectivity index (χ1n) is 14.5. The maximum atomic E-state index is 10.0. The highest BCUT2D eigenvalue weighted by atomic mass is 16.5. The van der Waals surface area contributed by atoms with Gasteiger partial charge in [-0.25, -0.2) is 4.98 Å². The minimum absolute atomic E-state index is 0.0998. The van der Waals surface area contributed by atoms with Crippen LogP contribution in [0.4, 0.5) is 0 Å². The number of ether oxygens (including phenoxy) is 4. The second kappa shape index (κ2) is 14.6. The van der Waals surface area contributed by atoms with Gasteiger partial charge >= 0.3 is 0 Å². The Labute approximate surface area is 237 Å². The van der Waals surface area contributed by atoms with Crippen LogP contribution in [0.3, 0.4) is 0 Å². The van der Waals surface area contributed by atoms with Crippen molar-refractivity contribution < 1.29 is 24.1 Å². The molecule has 1 aromatic heterocycles. The first-order chi connectivity index (χ1) is 19.8. The lowest BCUT2D eigenvalue weighted by Gasteiger charge is -2.19. The Hall–Kier alpha value is -3.77.